The fraction of sp³-hybridized carbons (Fsp3) is 0.0455. The van der Waals surface area contributed by atoms with Gasteiger partial charge in [-0.1, -0.05) is 116 Å². The van der Waals surface area contributed by atoms with Gasteiger partial charge in [-0.15, -0.1) is 11.3 Å². The molecule has 0 fully saturated rings. The highest BCUT2D eigenvalue weighted by molar-refractivity contribution is 7.26. The monoisotopic (exact) mass is 649 g/mol. The van der Waals surface area contributed by atoms with Crippen LogP contribution in [0.1, 0.15) is 0 Å². The van der Waals surface area contributed by atoms with E-state index in [-0.39, 0.29) is 0 Å². The lowest BCUT2D eigenvalue weighted by Gasteiger charge is -2.28. The van der Waals surface area contributed by atoms with Gasteiger partial charge < -0.3 is 9.32 Å². The highest BCUT2D eigenvalue weighted by Gasteiger charge is 2.40. The van der Waals surface area contributed by atoms with E-state index in [2.05, 4.69) is 170 Å². The van der Waals surface area contributed by atoms with E-state index in [4.69, 9.17) is 4.42 Å². The minimum absolute atomic E-state index is 0.951. The van der Waals surface area contributed by atoms with Gasteiger partial charge in [0, 0.05) is 47.9 Å². The summed E-state index contributed by atoms with van der Waals surface area (Å²) in [7, 11) is -2.05. The van der Waals surface area contributed by atoms with Crippen molar-refractivity contribution in [2.45, 2.75) is 13.1 Å². The molecular formula is C44H31NOSSi. The van der Waals surface area contributed by atoms with Crippen molar-refractivity contribution in [3.05, 3.63) is 152 Å². The molecular weight excluding hydrogens is 619 g/mol. The molecule has 1 aliphatic heterocycles. The average Bonchev–Trinajstić information content (AvgIpc) is 3.77. The molecule has 0 aliphatic carbocycles. The summed E-state index contributed by atoms with van der Waals surface area (Å²) in [5.41, 5.74) is 10.5. The van der Waals surface area contributed by atoms with Gasteiger partial charge in [0.25, 0.3) is 0 Å². The number of fused-ring (bicyclic) bond motifs is 10. The van der Waals surface area contributed by atoms with Crippen LogP contribution in [0, 0.1) is 0 Å². The predicted molar refractivity (Wildman–Crippen MR) is 209 cm³/mol. The highest BCUT2D eigenvalue weighted by Crippen LogP contribution is 2.46. The van der Waals surface area contributed by atoms with Crippen molar-refractivity contribution in [1.29, 1.82) is 0 Å². The third-order valence-corrected chi connectivity index (χ3v) is 14.9. The SMILES string of the molecule is C[Si]1(C)c2cc(N(c3ccc(-c4ccccc4)cc3)c3cccc4sc5ccccc5c34)ccc2-c2c1ccc1c2oc2ccccc21. The molecule has 0 unspecified atom stereocenters. The van der Waals surface area contributed by atoms with Crippen LogP contribution in [-0.2, 0) is 0 Å². The maximum absolute atomic E-state index is 6.60. The first-order chi connectivity index (χ1) is 23.6. The van der Waals surface area contributed by atoms with E-state index in [1.165, 1.54) is 74.9 Å². The third-order valence-electron chi connectivity index (χ3n) is 10.3. The molecule has 2 nitrogen and oxygen atoms in total. The fourth-order valence-electron chi connectivity index (χ4n) is 7.93. The lowest BCUT2D eigenvalue weighted by atomic mass is 10.0. The van der Waals surface area contributed by atoms with Crippen LogP contribution in [0.15, 0.2) is 156 Å². The van der Waals surface area contributed by atoms with Gasteiger partial charge in [-0.2, -0.15) is 0 Å². The molecule has 0 saturated heterocycles. The maximum atomic E-state index is 6.60. The number of anilines is 3. The number of hydrogen-bond acceptors (Lipinski definition) is 3. The van der Waals surface area contributed by atoms with Crippen LogP contribution in [0.2, 0.25) is 13.1 Å². The summed E-state index contributed by atoms with van der Waals surface area (Å²) in [5, 5.41) is 7.88. The standard InChI is InChI=1S/C44H31NOSSi/c1-48(2)40-26-25-33-32-13-6-8-16-37(32)46-44(33)43(40)35-24-23-31(27-41(35)48)45(30-21-19-29(20-22-30)28-11-4-3-5-12-28)36-15-10-18-39-42(36)34-14-7-9-17-38(34)47-39/h3-27H,1-2H3. The highest BCUT2D eigenvalue weighted by atomic mass is 32.1. The van der Waals surface area contributed by atoms with Crippen LogP contribution in [0.3, 0.4) is 0 Å². The second-order valence-electron chi connectivity index (χ2n) is 13.3. The van der Waals surface area contributed by atoms with Crippen molar-refractivity contribution in [3.63, 3.8) is 0 Å². The van der Waals surface area contributed by atoms with Gasteiger partial charge in [-0.25, -0.2) is 0 Å². The molecule has 0 atom stereocenters. The zero-order chi connectivity index (χ0) is 32.0. The van der Waals surface area contributed by atoms with E-state index >= 15 is 0 Å². The minimum Gasteiger partial charge on any atom is -0.455 e. The molecule has 2 aromatic heterocycles. The quantitative estimate of drug-likeness (QED) is 0.176. The summed E-state index contributed by atoms with van der Waals surface area (Å²) in [6.45, 7) is 4.98. The van der Waals surface area contributed by atoms with Crippen molar-refractivity contribution in [2.75, 3.05) is 4.90 Å². The van der Waals surface area contributed by atoms with E-state index in [1.807, 2.05) is 11.3 Å². The van der Waals surface area contributed by atoms with Crippen LogP contribution >= 0.6 is 11.3 Å². The van der Waals surface area contributed by atoms with Crippen LogP contribution < -0.4 is 15.3 Å². The van der Waals surface area contributed by atoms with E-state index in [1.54, 1.807) is 0 Å². The molecule has 7 aromatic carbocycles. The molecule has 0 amide bonds. The molecule has 0 saturated carbocycles. The van der Waals surface area contributed by atoms with Gasteiger partial charge in [0.15, 0.2) is 0 Å². The largest absolute Gasteiger partial charge is 0.455 e. The van der Waals surface area contributed by atoms with Gasteiger partial charge in [-0.05, 0) is 75.6 Å². The summed E-state index contributed by atoms with van der Waals surface area (Å²) in [5.74, 6) is 0. The normalized spacial score (nSPS) is 13.4. The zero-order valence-electron chi connectivity index (χ0n) is 26.7. The lowest BCUT2D eigenvalue weighted by molar-refractivity contribution is 0.670. The molecule has 0 spiro atoms. The van der Waals surface area contributed by atoms with Gasteiger partial charge >= 0.3 is 0 Å². The second kappa shape index (κ2) is 10.3. The Morgan fingerprint density at radius 3 is 2.10 bits per heavy atom. The van der Waals surface area contributed by atoms with E-state index < -0.39 is 8.07 Å². The number of rotatable bonds is 4. The smallest absolute Gasteiger partial charge is 0.143 e. The Balaban J connectivity index is 1.20. The topological polar surface area (TPSA) is 16.4 Å². The van der Waals surface area contributed by atoms with Gasteiger partial charge in [-0.3, -0.25) is 0 Å². The Kier molecular flexibility index (Phi) is 5.93. The van der Waals surface area contributed by atoms with Crippen molar-refractivity contribution in [3.8, 4) is 22.3 Å². The molecule has 228 valence electrons. The third kappa shape index (κ3) is 3.97. The predicted octanol–water partition coefficient (Wildman–Crippen LogP) is 11.9. The molecule has 0 radical (unpaired) electrons. The number of hydrogen-bond donors (Lipinski definition) is 0. The van der Waals surface area contributed by atoms with Crippen molar-refractivity contribution in [2.24, 2.45) is 0 Å². The van der Waals surface area contributed by atoms with Gasteiger partial charge in [0.05, 0.1) is 5.69 Å². The molecule has 48 heavy (non-hydrogen) atoms. The lowest BCUT2D eigenvalue weighted by Crippen LogP contribution is -2.49. The maximum Gasteiger partial charge on any atom is 0.143 e. The number of benzene rings is 7. The zero-order valence-corrected chi connectivity index (χ0v) is 28.5. The summed E-state index contributed by atoms with van der Waals surface area (Å²) in [6.07, 6.45) is 0. The number of furan rings is 1. The molecule has 1 aliphatic rings. The first kappa shape index (κ1) is 27.7. The van der Waals surface area contributed by atoms with Gasteiger partial charge in [0.2, 0.25) is 0 Å². The van der Waals surface area contributed by atoms with Crippen molar-refractivity contribution < 1.29 is 4.42 Å². The molecule has 10 rings (SSSR count). The number of nitrogens with zero attached hydrogens (tertiary/aromatic N) is 1. The number of thiophene rings is 1. The minimum atomic E-state index is -2.05. The van der Waals surface area contributed by atoms with Crippen LogP contribution in [-0.4, -0.2) is 8.07 Å². The second-order valence-corrected chi connectivity index (χ2v) is 18.7. The summed E-state index contributed by atoms with van der Waals surface area (Å²) in [4.78, 5) is 2.47. The first-order valence-electron chi connectivity index (χ1n) is 16.5. The molecule has 3 heterocycles. The fourth-order valence-corrected chi connectivity index (χ4v) is 12.1. The van der Waals surface area contributed by atoms with Crippen LogP contribution in [0.4, 0.5) is 17.1 Å². The summed E-state index contributed by atoms with van der Waals surface area (Å²) >= 11 is 1.87. The Hall–Kier alpha value is -5.42. The van der Waals surface area contributed by atoms with Crippen LogP contribution in [0.25, 0.3) is 64.4 Å². The first-order valence-corrected chi connectivity index (χ1v) is 20.3. The molecule has 0 bridgehead atoms. The summed E-state index contributed by atoms with van der Waals surface area (Å²) in [6, 6.07) is 55.5. The molecule has 0 N–H and O–H groups in total. The number of para-hydroxylation sites is 1. The molecule has 9 aromatic rings. The Morgan fingerprint density at radius 2 is 1.25 bits per heavy atom. The van der Waals surface area contributed by atoms with E-state index in [0.717, 1.165) is 16.9 Å². The van der Waals surface area contributed by atoms with Crippen molar-refractivity contribution in [1.82, 2.24) is 0 Å². The van der Waals surface area contributed by atoms with Crippen molar-refractivity contribution >= 4 is 89.0 Å². The Bertz CT molecular complexity index is 2700. The van der Waals surface area contributed by atoms with E-state index in [9.17, 15) is 0 Å². The van der Waals surface area contributed by atoms with Gasteiger partial charge in [0.1, 0.15) is 19.2 Å². The molecule has 4 heteroatoms. The Morgan fingerprint density at radius 1 is 0.542 bits per heavy atom. The van der Waals surface area contributed by atoms with Crippen LogP contribution in [0.5, 0.6) is 0 Å². The average molecular weight is 650 g/mol. The summed E-state index contributed by atoms with van der Waals surface area (Å²) < 4.78 is 9.22. The van der Waals surface area contributed by atoms with E-state index in [0.29, 0.717) is 0 Å². The Labute approximate surface area is 284 Å².